The van der Waals surface area contributed by atoms with E-state index in [1.165, 1.54) is 0 Å². The highest BCUT2D eigenvalue weighted by molar-refractivity contribution is 6.33. The number of H-pyrrole nitrogens is 1. The van der Waals surface area contributed by atoms with Crippen LogP contribution < -0.4 is 10.6 Å². The van der Waals surface area contributed by atoms with Gasteiger partial charge in [-0.25, -0.2) is 0 Å². The van der Waals surface area contributed by atoms with E-state index < -0.39 is 0 Å². The Balaban J connectivity index is 0.00000240. The highest BCUT2D eigenvalue weighted by Crippen LogP contribution is 2.32. The molecule has 1 aromatic heterocycles. The molecule has 1 atom stereocenters. The predicted molar refractivity (Wildman–Crippen MR) is 117 cm³/mol. The third-order valence-corrected chi connectivity index (χ3v) is 5.46. The Bertz CT molecular complexity index is 1060. The minimum atomic E-state index is -0.0563. The monoisotopic (exact) mass is 429 g/mol. The van der Waals surface area contributed by atoms with Crippen molar-refractivity contribution in [2.24, 2.45) is 5.92 Å². The Morgan fingerprint density at radius 3 is 2.93 bits per heavy atom. The number of carbonyl (C=O) groups excluding carboxylic acids is 1. The van der Waals surface area contributed by atoms with Gasteiger partial charge < -0.3 is 10.6 Å². The molecule has 1 aliphatic rings. The molecule has 1 saturated heterocycles. The summed E-state index contributed by atoms with van der Waals surface area (Å²) in [5, 5.41) is 24.1. The maximum Gasteiger partial charge on any atom is 0.229 e. The number of hydrogen-bond donors (Lipinski definition) is 3. The summed E-state index contributed by atoms with van der Waals surface area (Å²) >= 11 is 6.34. The van der Waals surface area contributed by atoms with Crippen LogP contribution in [0.5, 0.6) is 0 Å². The molecule has 1 unspecified atom stereocenters. The number of nitriles is 1. The van der Waals surface area contributed by atoms with Crippen LogP contribution >= 0.6 is 24.0 Å². The largest absolute Gasteiger partial charge is 0.316 e. The third-order valence-electron chi connectivity index (χ3n) is 5.13. The lowest BCUT2D eigenvalue weighted by Gasteiger charge is -2.13. The number of nitrogens with zero attached hydrogens (tertiary/aromatic N) is 2. The maximum absolute atomic E-state index is 12.7. The van der Waals surface area contributed by atoms with Gasteiger partial charge in [-0.1, -0.05) is 24.1 Å². The number of carbonyl (C=O) groups is 1. The van der Waals surface area contributed by atoms with Crippen LogP contribution in [0.15, 0.2) is 36.4 Å². The van der Waals surface area contributed by atoms with Gasteiger partial charge in [0.1, 0.15) is 0 Å². The number of rotatable bonds is 3. The molecular formula is C21H21Cl2N5O. The fourth-order valence-corrected chi connectivity index (χ4v) is 3.78. The quantitative estimate of drug-likeness (QED) is 0.570. The molecule has 3 aromatic rings. The van der Waals surface area contributed by atoms with Crippen molar-refractivity contribution in [2.75, 3.05) is 18.4 Å². The summed E-state index contributed by atoms with van der Waals surface area (Å²) in [6.45, 7) is 1.65. The van der Waals surface area contributed by atoms with E-state index in [1.807, 2.05) is 18.2 Å². The van der Waals surface area contributed by atoms with Crippen molar-refractivity contribution in [1.29, 1.82) is 5.26 Å². The Hall–Kier alpha value is -2.59. The van der Waals surface area contributed by atoms with Gasteiger partial charge in [-0.15, -0.1) is 12.4 Å². The molecule has 0 radical (unpaired) electrons. The van der Waals surface area contributed by atoms with E-state index in [0.29, 0.717) is 22.9 Å². The van der Waals surface area contributed by atoms with E-state index in [2.05, 4.69) is 26.9 Å². The van der Waals surface area contributed by atoms with Gasteiger partial charge in [-0.05, 0) is 55.3 Å². The molecule has 2 heterocycles. The van der Waals surface area contributed by atoms with E-state index >= 15 is 0 Å². The first-order valence-corrected chi connectivity index (χ1v) is 9.73. The zero-order chi connectivity index (χ0) is 19.5. The molecule has 1 aliphatic heterocycles. The number of benzene rings is 2. The summed E-state index contributed by atoms with van der Waals surface area (Å²) in [6.07, 6.45) is 3.02. The van der Waals surface area contributed by atoms with Gasteiger partial charge in [0.05, 0.1) is 23.1 Å². The summed E-state index contributed by atoms with van der Waals surface area (Å²) in [6, 6.07) is 13.1. The number of aromatic amines is 1. The molecule has 0 aliphatic carbocycles. The SMILES string of the molecule is Cl.N#Cc1ccc(Cl)c(-c2ccc3[nH]nc(NC(=O)C4CCCCNC4)c3c2)c1. The Kier molecular flexibility index (Phi) is 6.75. The molecule has 150 valence electrons. The van der Waals surface area contributed by atoms with Gasteiger partial charge in [0.2, 0.25) is 5.91 Å². The maximum atomic E-state index is 12.7. The lowest BCUT2D eigenvalue weighted by molar-refractivity contribution is -0.119. The first-order chi connectivity index (χ1) is 13.7. The van der Waals surface area contributed by atoms with Crippen LogP contribution in [0.2, 0.25) is 5.02 Å². The van der Waals surface area contributed by atoms with Gasteiger partial charge in [0.15, 0.2) is 5.82 Å². The summed E-state index contributed by atoms with van der Waals surface area (Å²) in [5.74, 6) is 0.440. The molecule has 1 fully saturated rings. The lowest BCUT2D eigenvalue weighted by atomic mass is 10.0. The van der Waals surface area contributed by atoms with Gasteiger partial charge in [-0.2, -0.15) is 10.4 Å². The van der Waals surface area contributed by atoms with Gasteiger partial charge in [-0.3, -0.25) is 9.89 Å². The van der Waals surface area contributed by atoms with Crippen molar-refractivity contribution < 1.29 is 4.79 Å². The van der Waals surface area contributed by atoms with Crippen LogP contribution in [0, 0.1) is 17.2 Å². The zero-order valence-electron chi connectivity index (χ0n) is 15.7. The van der Waals surface area contributed by atoms with E-state index in [-0.39, 0.29) is 24.2 Å². The average molecular weight is 430 g/mol. The molecule has 1 amide bonds. The van der Waals surface area contributed by atoms with Crippen LogP contribution in [0.4, 0.5) is 5.82 Å². The molecule has 0 spiro atoms. The third kappa shape index (κ3) is 4.54. The van der Waals surface area contributed by atoms with Crippen molar-refractivity contribution in [1.82, 2.24) is 15.5 Å². The molecule has 29 heavy (non-hydrogen) atoms. The topological polar surface area (TPSA) is 93.6 Å². The number of aromatic nitrogens is 2. The molecule has 3 N–H and O–H groups in total. The first kappa shape index (κ1) is 21.1. The zero-order valence-corrected chi connectivity index (χ0v) is 17.2. The second kappa shape index (κ2) is 9.27. The second-order valence-electron chi connectivity index (χ2n) is 7.03. The van der Waals surface area contributed by atoms with Gasteiger partial charge >= 0.3 is 0 Å². The van der Waals surface area contributed by atoms with Crippen LogP contribution in [0.3, 0.4) is 0 Å². The minimum absolute atomic E-state index is 0. The van der Waals surface area contributed by atoms with E-state index in [0.717, 1.165) is 47.8 Å². The Labute approximate surface area is 180 Å². The van der Waals surface area contributed by atoms with E-state index in [4.69, 9.17) is 16.9 Å². The van der Waals surface area contributed by atoms with Crippen molar-refractivity contribution in [2.45, 2.75) is 19.3 Å². The number of anilines is 1. The summed E-state index contributed by atoms with van der Waals surface area (Å²) in [7, 11) is 0. The standard InChI is InChI=1S/C21H20ClN5O.ClH/c22-18-6-4-13(11-23)9-16(18)14-5-7-19-17(10-14)20(27-26-19)25-21(28)15-3-1-2-8-24-12-15;/h4-7,9-10,15,24H,1-3,8,12H2,(H2,25,26,27,28);1H. The smallest absolute Gasteiger partial charge is 0.229 e. The van der Waals surface area contributed by atoms with Crippen molar-refractivity contribution >= 4 is 46.6 Å². The molecule has 6 nitrogen and oxygen atoms in total. The van der Waals surface area contributed by atoms with Crippen molar-refractivity contribution in [3.63, 3.8) is 0 Å². The van der Waals surface area contributed by atoms with Crippen LogP contribution in [-0.2, 0) is 4.79 Å². The minimum Gasteiger partial charge on any atom is -0.316 e. The summed E-state index contributed by atoms with van der Waals surface area (Å²) < 4.78 is 0. The summed E-state index contributed by atoms with van der Waals surface area (Å²) in [4.78, 5) is 12.7. The van der Waals surface area contributed by atoms with Gasteiger partial charge in [0.25, 0.3) is 0 Å². The van der Waals surface area contributed by atoms with E-state index in [9.17, 15) is 4.79 Å². The molecular weight excluding hydrogens is 409 g/mol. The number of fused-ring (bicyclic) bond motifs is 1. The van der Waals surface area contributed by atoms with E-state index in [1.54, 1.807) is 18.2 Å². The number of halogens is 2. The lowest BCUT2D eigenvalue weighted by Crippen LogP contribution is -2.31. The number of hydrogen-bond acceptors (Lipinski definition) is 4. The number of nitrogens with one attached hydrogen (secondary N) is 3. The fourth-order valence-electron chi connectivity index (χ4n) is 3.55. The molecule has 0 bridgehead atoms. The van der Waals surface area contributed by atoms with Crippen molar-refractivity contribution in [3.8, 4) is 17.2 Å². The number of amides is 1. The Morgan fingerprint density at radius 2 is 2.10 bits per heavy atom. The highest BCUT2D eigenvalue weighted by Gasteiger charge is 2.21. The van der Waals surface area contributed by atoms with Crippen LogP contribution in [-0.4, -0.2) is 29.2 Å². The molecule has 0 saturated carbocycles. The average Bonchev–Trinajstić information content (AvgIpc) is 2.92. The molecule has 8 heteroatoms. The van der Waals surface area contributed by atoms with Crippen LogP contribution in [0.25, 0.3) is 22.0 Å². The summed E-state index contributed by atoms with van der Waals surface area (Å²) in [5.41, 5.74) is 3.00. The van der Waals surface area contributed by atoms with Crippen LogP contribution in [0.1, 0.15) is 24.8 Å². The Morgan fingerprint density at radius 1 is 1.24 bits per heavy atom. The molecule has 4 rings (SSSR count). The fraction of sp³-hybridized carbons (Fsp3) is 0.286. The normalized spacial score (nSPS) is 16.5. The molecule has 2 aromatic carbocycles. The van der Waals surface area contributed by atoms with Crippen molar-refractivity contribution in [3.05, 3.63) is 47.0 Å². The van der Waals surface area contributed by atoms with Gasteiger partial charge in [0, 0.05) is 22.5 Å². The first-order valence-electron chi connectivity index (χ1n) is 9.35. The highest BCUT2D eigenvalue weighted by atomic mass is 35.5. The predicted octanol–water partition coefficient (Wildman–Crippen LogP) is 4.50. The second-order valence-corrected chi connectivity index (χ2v) is 7.43.